The van der Waals surface area contributed by atoms with Gasteiger partial charge in [0.05, 0.1) is 11.0 Å². The van der Waals surface area contributed by atoms with Gasteiger partial charge in [0.15, 0.2) is 0 Å². The number of carbonyl (C=O) groups excluding carboxylic acids is 2. The van der Waals surface area contributed by atoms with Crippen molar-refractivity contribution in [3.63, 3.8) is 0 Å². The van der Waals surface area contributed by atoms with Crippen molar-refractivity contribution in [1.82, 2.24) is 10.5 Å². The fourth-order valence-corrected chi connectivity index (χ4v) is 5.13. The van der Waals surface area contributed by atoms with Gasteiger partial charge in [0, 0.05) is 18.5 Å². The largest absolute Gasteiger partial charge is 0.373 e. The van der Waals surface area contributed by atoms with E-state index in [-0.39, 0.29) is 23.4 Å². The molecule has 0 aliphatic heterocycles. The average Bonchev–Trinajstić information content (AvgIpc) is 3.11. The molecule has 7 nitrogen and oxygen atoms in total. The van der Waals surface area contributed by atoms with Crippen LogP contribution in [0.5, 0.6) is 0 Å². The topological polar surface area (TPSA) is 104 Å². The zero-order valence-electron chi connectivity index (χ0n) is 18.3. The van der Waals surface area contributed by atoms with Crippen molar-refractivity contribution >= 4 is 27.5 Å². The molecule has 182 valence electrons. The molecule has 1 unspecified atom stereocenters. The van der Waals surface area contributed by atoms with E-state index in [2.05, 4.69) is 10.6 Å². The Morgan fingerprint density at radius 1 is 1.12 bits per heavy atom. The highest BCUT2D eigenvalue weighted by molar-refractivity contribution is 8.32. The minimum Gasteiger partial charge on any atom is -0.373 e. The van der Waals surface area contributed by atoms with Gasteiger partial charge < -0.3 is 15.2 Å². The van der Waals surface area contributed by atoms with E-state index >= 15 is 0 Å². The van der Waals surface area contributed by atoms with Crippen LogP contribution in [0.15, 0.2) is 32.4 Å². The summed E-state index contributed by atoms with van der Waals surface area (Å²) < 4.78 is 61.1. The number of H-pyrrole nitrogens is 1. The monoisotopic (exact) mass is 491 g/mol. The molecule has 1 aliphatic carbocycles. The molecule has 1 fully saturated rings. The number of hydrogen-bond donors (Lipinski definition) is 3. The van der Waals surface area contributed by atoms with Gasteiger partial charge in [-0.25, -0.2) is 27.6 Å². The molecular weight excluding hydrogens is 466 g/mol. The first-order valence-electron chi connectivity index (χ1n) is 10.1. The van der Waals surface area contributed by atoms with Crippen molar-refractivity contribution in [2.45, 2.75) is 42.5 Å². The number of carbonyl (C=O) groups is 2. The molecule has 12 heteroatoms. The Hall–Kier alpha value is -2.76. The maximum atomic E-state index is 14.6. The number of anilines is 1. The molecular formula is C21H25F4N3O4S. The van der Waals surface area contributed by atoms with E-state index < -0.39 is 75.5 Å². The van der Waals surface area contributed by atoms with Crippen molar-refractivity contribution in [3.05, 3.63) is 45.9 Å². The molecule has 1 heterocycles. The van der Waals surface area contributed by atoms with E-state index in [1.54, 1.807) is 18.8 Å². The van der Waals surface area contributed by atoms with Gasteiger partial charge in [-0.1, -0.05) is 0 Å². The highest BCUT2D eigenvalue weighted by atomic mass is 32.3. The van der Waals surface area contributed by atoms with Crippen LogP contribution in [0.25, 0.3) is 0 Å². The second-order valence-electron chi connectivity index (χ2n) is 8.82. The third-order valence-electron chi connectivity index (χ3n) is 5.43. The maximum Gasteiger partial charge on any atom is 0.290 e. The van der Waals surface area contributed by atoms with Gasteiger partial charge in [-0.15, -0.1) is 0 Å². The Bertz CT molecular complexity index is 1080. The smallest absolute Gasteiger partial charge is 0.290 e. The van der Waals surface area contributed by atoms with Crippen molar-refractivity contribution in [2.75, 3.05) is 24.1 Å². The highest BCUT2D eigenvalue weighted by Gasteiger charge is 2.40. The summed E-state index contributed by atoms with van der Waals surface area (Å²) in [5, 5.41) is 6.71. The summed E-state index contributed by atoms with van der Waals surface area (Å²) in [7, 11) is -1.73. The van der Waals surface area contributed by atoms with Crippen LogP contribution in [0, 0.1) is 17.6 Å². The molecule has 3 rings (SSSR count). The van der Waals surface area contributed by atoms with Crippen LogP contribution in [0.2, 0.25) is 0 Å². The van der Waals surface area contributed by atoms with E-state index in [0.29, 0.717) is 0 Å². The lowest BCUT2D eigenvalue weighted by Crippen LogP contribution is -2.50. The molecule has 0 radical (unpaired) electrons. The molecule has 0 saturated heterocycles. The molecule has 1 aliphatic rings. The average molecular weight is 492 g/mol. The molecule has 3 N–H and O–H groups in total. The number of amides is 2. The van der Waals surface area contributed by atoms with Gasteiger partial charge in [0.2, 0.25) is 17.6 Å². The van der Waals surface area contributed by atoms with Crippen LogP contribution < -0.4 is 16.2 Å². The van der Waals surface area contributed by atoms with Crippen LogP contribution in [0.3, 0.4) is 0 Å². The maximum absolute atomic E-state index is 14.6. The summed E-state index contributed by atoms with van der Waals surface area (Å²) in [5.74, 6) is -7.30. The Morgan fingerprint density at radius 3 is 2.18 bits per heavy atom. The number of nitrogens with one attached hydrogen (secondary N) is 3. The number of rotatable bonds is 6. The Morgan fingerprint density at radius 2 is 1.70 bits per heavy atom. The number of hydrogen-bond acceptors (Lipinski definition) is 4. The van der Waals surface area contributed by atoms with Gasteiger partial charge in [-0.05, 0) is 49.7 Å². The summed E-state index contributed by atoms with van der Waals surface area (Å²) in [5.41, 5.74) is -0.846. The van der Waals surface area contributed by atoms with Crippen molar-refractivity contribution in [1.29, 1.82) is 0 Å². The van der Waals surface area contributed by atoms with Crippen molar-refractivity contribution in [2.24, 2.45) is 5.92 Å². The molecule has 1 saturated carbocycles. The fourth-order valence-electron chi connectivity index (χ4n) is 3.84. The number of halogens is 4. The third-order valence-corrected chi connectivity index (χ3v) is 7.04. The van der Waals surface area contributed by atoms with Gasteiger partial charge in [-0.3, -0.25) is 14.4 Å². The van der Waals surface area contributed by atoms with Crippen LogP contribution >= 0.6 is 10.0 Å². The Balaban J connectivity index is 1.84. The zero-order valence-corrected chi connectivity index (χ0v) is 19.1. The van der Waals surface area contributed by atoms with Gasteiger partial charge >= 0.3 is 0 Å². The van der Waals surface area contributed by atoms with Crippen LogP contribution in [0.4, 0.5) is 23.2 Å². The highest BCUT2D eigenvalue weighted by Crippen LogP contribution is 2.48. The predicted molar refractivity (Wildman–Crippen MR) is 116 cm³/mol. The minimum atomic E-state index is -2.87. The number of alkyl halides is 2. The molecule has 0 spiro atoms. The number of aromatic nitrogens is 1. The molecule has 2 amide bonds. The van der Waals surface area contributed by atoms with Crippen molar-refractivity contribution < 1.29 is 31.7 Å². The molecule has 33 heavy (non-hydrogen) atoms. The van der Waals surface area contributed by atoms with E-state index in [9.17, 15) is 31.9 Å². The van der Waals surface area contributed by atoms with E-state index in [0.717, 1.165) is 18.2 Å². The lowest BCUT2D eigenvalue weighted by Gasteiger charge is -2.33. The van der Waals surface area contributed by atoms with E-state index in [1.165, 1.54) is 0 Å². The van der Waals surface area contributed by atoms with Gasteiger partial charge in [0.1, 0.15) is 17.7 Å². The predicted octanol–water partition coefficient (Wildman–Crippen LogP) is 3.86. The minimum absolute atomic E-state index is 0.0580. The molecule has 2 aromatic rings. The molecule has 0 bridgehead atoms. The van der Waals surface area contributed by atoms with Crippen molar-refractivity contribution in [3.8, 4) is 0 Å². The van der Waals surface area contributed by atoms with Gasteiger partial charge in [-0.2, -0.15) is 5.16 Å². The molecule has 1 aromatic heterocycles. The normalized spacial score (nSPS) is 17.9. The standard InChI is InChI=1S/C21H25F4N3O4S/c1-33(2,3)18-13(22)8-12(9-14(18)23)26-20(31)17(11-4-6-21(24,25)7-5-11)27-19(30)15-10-16(29)28-32-15/h8-11,17H,4-7H2,1-3H3,(H,26,31)(H,27,30)(H,28,29). The number of benzene rings is 1. The fraction of sp³-hybridized carbons (Fsp3) is 0.476. The summed E-state index contributed by atoms with van der Waals surface area (Å²) in [6.07, 6.45) is 4.10. The van der Waals surface area contributed by atoms with Crippen LogP contribution in [0.1, 0.15) is 36.2 Å². The second kappa shape index (κ2) is 9.24. The van der Waals surface area contributed by atoms with Crippen LogP contribution in [-0.4, -0.2) is 47.7 Å². The molecule has 1 atom stereocenters. The lowest BCUT2D eigenvalue weighted by atomic mass is 9.81. The lowest BCUT2D eigenvalue weighted by molar-refractivity contribution is -0.121. The third kappa shape index (κ3) is 5.98. The molecule has 1 aromatic carbocycles. The van der Waals surface area contributed by atoms with Crippen LogP contribution in [-0.2, 0) is 4.79 Å². The Kier molecular flexibility index (Phi) is 6.96. The zero-order chi connectivity index (χ0) is 24.6. The first kappa shape index (κ1) is 24.9. The number of aromatic amines is 1. The SMILES string of the molecule is CS(C)(C)c1c(F)cc(NC(=O)C(NC(=O)c2cc(=O)[nH]o2)C2CCC(F)(F)CC2)cc1F. The summed E-state index contributed by atoms with van der Waals surface area (Å²) >= 11 is 0. The Labute approximate surface area is 188 Å². The quantitative estimate of drug-likeness (QED) is 0.534. The summed E-state index contributed by atoms with van der Waals surface area (Å²) in [6.45, 7) is 0. The van der Waals surface area contributed by atoms with E-state index in [1.807, 2.05) is 5.16 Å². The first-order chi connectivity index (χ1) is 15.3. The summed E-state index contributed by atoms with van der Waals surface area (Å²) in [6, 6.07) is 1.53. The summed E-state index contributed by atoms with van der Waals surface area (Å²) in [4.78, 5) is 36.6. The first-order valence-corrected chi connectivity index (χ1v) is 13.0. The second-order valence-corrected chi connectivity index (χ2v) is 12.9. The van der Waals surface area contributed by atoms with Gasteiger partial charge in [0.25, 0.3) is 11.5 Å². The van der Waals surface area contributed by atoms with E-state index in [4.69, 9.17) is 4.52 Å².